The number of amides is 1. The number of benzene rings is 1. The average Bonchev–Trinajstić information content (AvgIpc) is 3.03. The number of quaternary nitrogens is 1. The topological polar surface area (TPSA) is 49.8 Å². The Morgan fingerprint density at radius 1 is 1.24 bits per heavy atom. The van der Waals surface area contributed by atoms with Gasteiger partial charge in [-0.15, -0.1) is 11.3 Å². The number of nitrogens with two attached hydrogens (primary N) is 1. The molecule has 0 aliphatic heterocycles. The maximum Gasteiger partial charge on any atom is 0.278 e. The van der Waals surface area contributed by atoms with E-state index >= 15 is 0 Å². The Hall–Kier alpha value is -1.46. The molecule has 1 aliphatic rings. The molecule has 1 atom stereocenters. The fourth-order valence-electron chi connectivity index (χ4n) is 3.59. The third kappa shape index (κ3) is 4.79. The van der Waals surface area contributed by atoms with Crippen molar-refractivity contribution in [2.75, 3.05) is 13.6 Å². The number of para-hydroxylation sites is 1. The number of fused-ring (bicyclic) bond motifs is 1. The molecule has 0 unspecified atom stereocenters. The minimum Gasteiger partial charge on any atom is -0.336 e. The maximum atomic E-state index is 12.6. The van der Waals surface area contributed by atoms with E-state index in [9.17, 15) is 4.79 Å². The lowest BCUT2D eigenvalue weighted by molar-refractivity contribution is -0.681. The van der Waals surface area contributed by atoms with Crippen LogP contribution >= 0.6 is 11.3 Å². The fraction of sp³-hybridized carbons (Fsp3) is 0.600. The van der Waals surface area contributed by atoms with Gasteiger partial charge in [0.25, 0.3) is 5.91 Å². The van der Waals surface area contributed by atoms with Crippen LogP contribution in [0.25, 0.3) is 10.2 Å². The van der Waals surface area contributed by atoms with Gasteiger partial charge in [0.05, 0.1) is 22.3 Å². The summed E-state index contributed by atoms with van der Waals surface area (Å²) in [5, 5.41) is 3.29. The number of carbonyl (C=O) groups is 1. The minimum atomic E-state index is 0.0237. The van der Waals surface area contributed by atoms with Crippen molar-refractivity contribution >= 4 is 27.5 Å². The Morgan fingerprint density at radius 3 is 2.64 bits per heavy atom. The molecule has 2 aromatic rings. The molecule has 1 aromatic carbocycles. The van der Waals surface area contributed by atoms with Gasteiger partial charge < -0.3 is 10.2 Å². The van der Waals surface area contributed by atoms with Crippen molar-refractivity contribution in [3.63, 3.8) is 0 Å². The molecule has 5 heteroatoms. The van der Waals surface area contributed by atoms with Crippen molar-refractivity contribution in [2.45, 2.75) is 64.0 Å². The molecule has 3 rings (SSSR count). The van der Waals surface area contributed by atoms with Gasteiger partial charge >= 0.3 is 0 Å². The standard InChI is InChI=1S/C20H29N3OS/c1-15(20-22-17-12-8-9-13-18(17)25-20)23(2)19(24)14-21-16-10-6-4-3-5-7-11-16/h8-9,12-13,15-16,21H,3-7,10-11,14H2,1-2H3/p+1/t15-/m0/s1. The van der Waals surface area contributed by atoms with E-state index in [4.69, 9.17) is 4.98 Å². The minimum absolute atomic E-state index is 0.0237. The highest BCUT2D eigenvalue weighted by atomic mass is 32.1. The van der Waals surface area contributed by atoms with E-state index in [2.05, 4.69) is 18.3 Å². The normalized spacial score (nSPS) is 17.8. The number of rotatable bonds is 5. The zero-order chi connectivity index (χ0) is 17.6. The Kier molecular flexibility index (Phi) is 6.43. The molecule has 4 nitrogen and oxygen atoms in total. The summed E-state index contributed by atoms with van der Waals surface area (Å²) < 4.78 is 1.19. The van der Waals surface area contributed by atoms with E-state index in [0.717, 1.165) is 10.5 Å². The second-order valence-electron chi connectivity index (χ2n) is 7.25. The number of nitrogens with zero attached hydrogens (tertiary/aromatic N) is 2. The van der Waals surface area contributed by atoms with Crippen LogP contribution in [0, 0.1) is 0 Å². The third-order valence-corrected chi connectivity index (χ3v) is 6.62. The summed E-state index contributed by atoms with van der Waals surface area (Å²) in [6, 6.07) is 8.81. The van der Waals surface area contributed by atoms with Crippen LogP contribution < -0.4 is 5.32 Å². The molecule has 1 amide bonds. The second-order valence-corrected chi connectivity index (χ2v) is 8.31. The van der Waals surface area contributed by atoms with Crippen LogP contribution in [-0.2, 0) is 4.79 Å². The van der Waals surface area contributed by atoms with Gasteiger partial charge in [-0.2, -0.15) is 0 Å². The molecule has 1 heterocycles. The summed E-state index contributed by atoms with van der Waals surface area (Å²) in [6.07, 6.45) is 9.23. The molecule has 1 aromatic heterocycles. The van der Waals surface area contributed by atoms with E-state index in [1.165, 1.54) is 49.6 Å². The second kappa shape index (κ2) is 8.77. The van der Waals surface area contributed by atoms with Crippen molar-refractivity contribution < 1.29 is 10.1 Å². The molecule has 136 valence electrons. The molecule has 2 N–H and O–H groups in total. The van der Waals surface area contributed by atoms with Gasteiger partial charge in [-0.05, 0) is 44.7 Å². The highest BCUT2D eigenvalue weighted by Crippen LogP contribution is 2.28. The van der Waals surface area contributed by atoms with Crippen molar-refractivity contribution in [3.05, 3.63) is 29.3 Å². The van der Waals surface area contributed by atoms with E-state index < -0.39 is 0 Å². The molecule has 1 saturated carbocycles. The van der Waals surface area contributed by atoms with Crippen LogP contribution in [0.15, 0.2) is 24.3 Å². The van der Waals surface area contributed by atoms with Gasteiger partial charge in [-0.1, -0.05) is 31.4 Å². The summed E-state index contributed by atoms with van der Waals surface area (Å²) >= 11 is 1.69. The van der Waals surface area contributed by atoms with Crippen LogP contribution in [0.4, 0.5) is 0 Å². The quantitative estimate of drug-likeness (QED) is 0.887. The van der Waals surface area contributed by atoms with Gasteiger partial charge in [-0.3, -0.25) is 4.79 Å². The molecule has 0 radical (unpaired) electrons. The lowest BCUT2D eigenvalue weighted by atomic mass is 9.97. The first-order chi connectivity index (χ1) is 12.1. The van der Waals surface area contributed by atoms with Crippen LogP contribution in [-0.4, -0.2) is 35.4 Å². The van der Waals surface area contributed by atoms with Gasteiger partial charge in [0.1, 0.15) is 5.01 Å². The molecular weight excluding hydrogens is 330 g/mol. The van der Waals surface area contributed by atoms with E-state index in [1.807, 2.05) is 30.1 Å². The summed E-state index contributed by atoms with van der Waals surface area (Å²) in [5.74, 6) is 0.203. The monoisotopic (exact) mass is 360 g/mol. The first kappa shape index (κ1) is 18.3. The predicted octanol–water partition coefficient (Wildman–Crippen LogP) is 3.49. The van der Waals surface area contributed by atoms with Crippen LogP contribution in [0.2, 0.25) is 0 Å². The Labute approximate surface area is 154 Å². The lowest BCUT2D eigenvalue weighted by Crippen LogP contribution is -2.92. The number of likely N-dealkylation sites (N-methyl/N-ethyl adjacent to an activating group) is 1. The summed E-state index contributed by atoms with van der Waals surface area (Å²) in [5.41, 5.74) is 1.02. The fourth-order valence-corrected chi connectivity index (χ4v) is 4.65. The largest absolute Gasteiger partial charge is 0.336 e. The lowest BCUT2D eigenvalue weighted by Gasteiger charge is -2.24. The molecule has 1 aliphatic carbocycles. The van der Waals surface area contributed by atoms with Gasteiger partial charge in [0, 0.05) is 7.05 Å². The van der Waals surface area contributed by atoms with E-state index in [1.54, 1.807) is 11.3 Å². The smallest absolute Gasteiger partial charge is 0.278 e. The Morgan fingerprint density at radius 2 is 1.92 bits per heavy atom. The van der Waals surface area contributed by atoms with E-state index in [-0.39, 0.29) is 11.9 Å². The number of carbonyl (C=O) groups excluding carboxylic acids is 1. The molecule has 0 spiro atoms. The van der Waals surface area contributed by atoms with Crippen molar-refractivity contribution in [1.82, 2.24) is 9.88 Å². The van der Waals surface area contributed by atoms with Crippen molar-refractivity contribution in [2.24, 2.45) is 0 Å². The first-order valence-corrected chi connectivity index (χ1v) is 10.4. The molecule has 0 bridgehead atoms. The molecule has 1 fully saturated rings. The number of aromatic nitrogens is 1. The van der Waals surface area contributed by atoms with Crippen molar-refractivity contribution in [3.8, 4) is 0 Å². The summed E-state index contributed by atoms with van der Waals surface area (Å²) in [6.45, 7) is 2.63. The van der Waals surface area contributed by atoms with Gasteiger partial charge in [0.2, 0.25) is 0 Å². The highest BCUT2D eigenvalue weighted by Gasteiger charge is 2.23. The number of hydrogen-bond donors (Lipinski definition) is 1. The molecule has 25 heavy (non-hydrogen) atoms. The van der Waals surface area contributed by atoms with Gasteiger partial charge in [-0.25, -0.2) is 4.98 Å². The first-order valence-electron chi connectivity index (χ1n) is 9.59. The van der Waals surface area contributed by atoms with Gasteiger partial charge in [0.15, 0.2) is 6.54 Å². The zero-order valence-electron chi connectivity index (χ0n) is 15.4. The summed E-state index contributed by atoms with van der Waals surface area (Å²) in [4.78, 5) is 19.2. The Balaban J connectivity index is 1.55. The molecule has 0 saturated heterocycles. The zero-order valence-corrected chi connectivity index (χ0v) is 16.2. The average molecular weight is 361 g/mol. The SMILES string of the molecule is C[C@@H](c1nc2ccccc2s1)N(C)C(=O)C[NH2+]C1CCCCCCC1. The van der Waals surface area contributed by atoms with Crippen LogP contribution in [0.5, 0.6) is 0 Å². The molecular formula is C20H30N3OS+. The number of thiazole rings is 1. The third-order valence-electron chi connectivity index (χ3n) is 5.42. The highest BCUT2D eigenvalue weighted by molar-refractivity contribution is 7.18. The number of hydrogen-bond acceptors (Lipinski definition) is 3. The van der Waals surface area contributed by atoms with Crippen molar-refractivity contribution in [1.29, 1.82) is 0 Å². The maximum absolute atomic E-state index is 12.6. The van der Waals surface area contributed by atoms with Crippen LogP contribution in [0.1, 0.15) is 62.9 Å². The Bertz CT molecular complexity index is 658. The van der Waals surface area contributed by atoms with Crippen LogP contribution in [0.3, 0.4) is 0 Å². The predicted molar refractivity (Wildman–Crippen MR) is 104 cm³/mol. The summed E-state index contributed by atoms with van der Waals surface area (Å²) in [7, 11) is 1.91. The van der Waals surface area contributed by atoms with E-state index in [0.29, 0.717) is 12.6 Å².